The molecule has 0 bridgehead atoms. The van der Waals surface area contributed by atoms with E-state index in [4.69, 9.17) is 5.53 Å². The third-order valence-electron chi connectivity index (χ3n) is 1.88. The molecule has 0 atom stereocenters. The molecule has 84 valence electrons. The van der Waals surface area contributed by atoms with E-state index in [2.05, 4.69) is 10.0 Å². The molecule has 0 amide bonds. The van der Waals surface area contributed by atoms with E-state index >= 15 is 0 Å². The number of hydrogen-bond acceptors (Lipinski definition) is 4. The number of benzene rings is 1. The van der Waals surface area contributed by atoms with Gasteiger partial charge in [-0.3, -0.25) is 4.79 Å². The lowest BCUT2D eigenvalue weighted by molar-refractivity contribution is 0.100. The molecule has 0 aromatic heterocycles. The van der Waals surface area contributed by atoms with Crippen molar-refractivity contribution >= 4 is 15.6 Å². The Morgan fingerprint density at radius 2 is 1.94 bits per heavy atom. The maximum Gasteiger partial charge on any atom is 0.175 e. The average Bonchev–Trinajstić information content (AvgIpc) is 2.25. The summed E-state index contributed by atoms with van der Waals surface area (Å²) < 4.78 is 22.3. The maximum absolute atomic E-state index is 11.4. The van der Waals surface area contributed by atoms with Gasteiger partial charge in [0.05, 0.1) is 11.4 Å². The molecule has 0 saturated heterocycles. The highest BCUT2D eigenvalue weighted by molar-refractivity contribution is 7.90. The molecule has 0 saturated carbocycles. The quantitative estimate of drug-likeness (QED) is 0.345. The summed E-state index contributed by atoms with van der Waals surface area (Å²) in [5, 5.41) is 3.13. The third-order valence-corrected chi connectivity index (χ3v) is 3.01. The molecule has 1 aromatic rings. The minimum absolute atomic E-state index is 0.146. The lowest BCUT2D eigenvalue weighted by atomic mass is 10.1. The largest absolute Gasteiger partial charge is 0.294 e. The number of ketones is 1. The number of carbonyl (C=O) groups is 1. The lowest BCUT2D eigenvalue weighted by Crippen LogP contribution is -2.03. The zero-order valence-corrected chi connectivity index (χ0v) is 9.31. The standard InChI is InChI=1S/C9H9N3O3S/c1-16(14,15)8-4-2-7(3-5-8)9(13)6-11-12-10/h2-5H,6H2,1H3. The first-order chi connectivity index (χ1) is 7.45. The van der Waals surface area contributed by atoms with Crippen molar-refractivity contribution in [2.45, 2.75) is 4.90 Å². The Kier molecular flexibility index (Phi) is 3.65. The van der Waals surface area contributed by atoms with Crippen molar-refractivity contribution in [3.63, 3.8) is 0 Å². The molecule has 6 nitrogen and oxygen atoms in total. The van der Waals surface area contributed by atoms with Gasteiger partial charge < -0.3 is 0 Å². The van der Waals surface area contributed by atoms with Gasteiger partial charge in [0.1, 0.15) is 0 Å². The highest BCUT2D eigenvalue weighted by Gasteiger charge is 2.08. The summed E-state index contributed by atoms with van der Waals surface area (Å²) in [7, 11) is -3.26. The molecule has 16 heavy (non-hydrogen) atoms. The normalized spacial score (nSPS) is 10.6. The predicted molar refractivity (Wildman–Crippen MR) is 57.9 cm³/mol. The molecule has 0 aliphatic carbocycles. The second-order valence-electron chi connectivity index (χ2n) is 3.11. The fourth-order valence-electron chi connectivity index (χ4n) is 1.08. The third kappa shape index (κ3) is 3.08. The molecule has 0 fully saturated rings. The van der Waals surface area contributed by atoms with E-state index in [0.29, 0.717) is 5.56 Å². The van der Waals surface area contributed by atoms with E-state index < -0.39 is 9.84 Å². The summed E-state index contributed by atoms with van der Waals surface area (Å²) in [6, 6.07) is 5.48. The number of carbonyl (C=O) groups excluding carboxylic acids is 1. The first-order valence-electron chi connectivity index (χ1n) is 4.29. The van der Waals surface area contributed by atoms with E-state index in [1.54, 1.807) is 0 Å². The Morgan fingerprint density at radius 1 is 1.38 bits per heavy atom. The Hall–Kier alpha value is -1.85. The fourth-order valence-corrected chi connectivity index (χ4v) is 1.71. The van der Waals surface area contributed by atoms with Crippen LogP contribution in [0.3, 0.4) is 0 Å². The SMILES string of the molecule is CS(=O)(=O)c1ccc(C(=O)CN=[N+]=[N-])cc1. The van der Waals surface area contributed by atoms with Gasteiger partial charge in [-0.05, 0) is 17.7 Å². The molecule has 1 aromatic carbocycles. The van der Waals surface area contributed by atoms with Gasteiger partial charge in [0.2, 0.25) is 0 Å². The van der Waals surface area contributed by atoms with Crippen molar-refractivity contribution in [2.24, 2.45) is 5.11 Å². The summed E-state index contributed by atoms with van der Waals surface area (Å²) in [6.45, 7) is -0.269. The van der Waals surface area contributed by atoms with Crippen LogP contribution in [0.4, 0.5) is 0 Å². The van der Waals surface area contributed by atoms with Crippen molar-refractivity contribution in [3.8, 4) is 0 Å². The molecular weight excluding hydrogens is 230 g/mol. The van der Waals surface area contributed by atoms with Gasteiger partial charge in [-0.1, -0.05) is 17.2 Å². The predicted octanol–water partition coefficient (Wildman–Crippen LogP) is 1.58. The summed E-state index contributed by atoms with van der Waals surface area (Å²) in [4.78, 5) is 14.0. The van der Waals surface area contributed by atoms with Crippen LogP contribution in [0.25, 0.3) is 10.4 Å². The first-order valence-corrected chi connectivity index (χ1v) is 6.18. The van der Waals surface area contributed by atoms with Gasteiger partial charge >= 0.3 is 0 Å². The minimum Gasteiger partial charge on any atom is -0.294 e. The van der Waals surface area contributed by atoms with Gasteiger partial charge in [-0.2, -0.15) is 0 Å². The molecule has 0 radical (unpaired) electrons. The summed E-state index contributed by atoms with van der Waals surface area (Å²) in [5.41, 5.74) is 8.36. The van der Waals surface area contributed by atoms with Crippen molar-refractivity contribution in [3.05, 3.63) is 40.3 Å². The van der Waals surface area contributed by atoms with Crippen LogP contribution in [0.15, 0.2) is 34.3 Å². The van der Waals surface area contributed by atoms with Crippen LogP contribution in [0.2, 0.25) is 0 Å². The molecule has 0 unspecified atom stereocenters. The average molecular weight is 239 g/mol. The van der Waals surface area contributed by atoms with Gasteiger partial charge in [-0.25, -0.2) is 8.42 Å². The molecular formula is C9H9N3O3S. The zero-order chi connectivity index (χ0) is 12.2. The number of rotatable bonds is 4. The molecule has 0 aliphatic heterocycles. The van der Waals surface area contributed by atoms with E-state index in [-0.39, 0.29) is 17.2 Å². The van der Waals surface area contributed by atoms with Crippen LogP contribution in [0, 0.1) is 0 Å². The van der Waals surface area contributed by atoms with Crippen molar-refractivity contribution in [1.82, 2.24) is 0 Å². The Labute approximate surface area is 92.4 Å². The van der Waals surface area contributed by atoms with Crippen LogP contribution in [0.5, 0.6) is 0 Å². The monoisotopic (exact) mass is 239 g/mol. The fraction of sp³-hybridized carbons (Fsp3) is 0.222. The van der Waals surface area contributed by atoms with Gasteiger partial charge in [0, 0.05) is 16.7 Å². The van der Waals surface area contributed by atoms with Crippen molar-refractivity contribution in [1.29, 1.82) is 0 Å². The smallest absolute Gasteiger partial charge is 0.175 e. The summed E-state index contributed by atoms with van der Waals surface area (Å²) >= 11 is 0. The molecule has 7 heteroatoms. The number of Topliss-reactive ketones (excluding diaryl/α,β-unsaturated/α-hetero) is 1. The van der Waals surface area contributed by atoms with E-state index in [1.807, 2.05) is 0 Å². The van der Waals surface area contributed by atoms with Gasteiger partial charge in [0.15, 0.2) is 15.6 Å². The van der Waals surface area contributed by atoms with Crippen molar-refractivity contribution < 1.29 is 13.2 Å². The van der Waals surface area contributed by atoms with E-state index in [9.17, 15) is 13.2 Å². The second-order valence-corrected chi connectivity index (χ2v) is 5.12. The molecule has 0 spiro atoms. The molecule has 1 rings (SSSR count). The number of nitrogens with zero attached hydrogens (tertiary/aromatic N) is 3. The van der Waals surface area contributed by atoms with Crippen LogP contribution in [-0.2, 0) is 9.84 Å². The lowest BCUT2D eigenvalue weighted by Gasteiger charge is -2.00. The number of hydrogen-bond donors (Lipinski definition) is 0. The van der Waals surface area contributed by atoms with Crippen LogP contribution < -0.4 is 0 Å². The zero-order valence-electron chi connectivity index (χ0n) is 8.49. The topological polar surface area (TPSA) is 100.0 Å². The van der Waals surface area contributed by atoms with Gasteiger partial charge in [-0.15, -0.1) is 0 Å². The number of azide groups is 1. The van der Waals surface area contributed by atoms with Crippen LogP contribution in [0.1, 0.15) is 10.4 Å². The van der Waals surface area contributed by atoms with Crippen LogP contribution >= 0.6 is 0 Å². The summed E-state index contributed by atoms with van der Waals surface area (Å²) in [5.74, 6) is -0.349. The van der Waals surface area contributed by atoms with E-state index in [1.165, 1.54) is 24.3 Å². The van der Waals surface area contributed by atoms with Crippen molar-refractivity contribution in [2.75, 3.05) is 12.8 Å². The van der Waals surface area contributed by atoms with Gasteiger partial charge in [0.25, 0.3) is 0 Å². The van der Waals surface area contributed by atoms with E-state index in [0.717, 1.165) is 6.26 Å². The highest BCUT2D eigenvalue weighted by Crippen LogP contribution is 2.10. The summed E-state index contributed by atoms with van der Waals surface area (Å²) in [6.07, 6.45) is 1.09. The number of sulfone groups is 1. The first kappa shape index (κ1) is 12.2. The van der Waals surface area contributed by atoms with Crippen LogP contribution in [-0.4, -0.2) is 27.0 Å². The molecule has 0 heterocycles. The Bertz CT molecular complexity index is 542. The Morgan fingerprint density at radius 3 is 2.38 bits per heavy atom. The highest BCUT2D eigenvalue weighted by atomic mass is 32.2. The second kappa shape index (κ2) is 4.78. The molecule has 0 N–H and O–H groups in total. The molecule has 0 aliphatic rings. The maximum atomic E-state index is 11.4. The Balaban J connectivity index is 2.95. The minimum atomic E-state index is -3.26.